The van der Waals surface area contributed by atoms with Crippen LogP contribution in [0.15, 0.2) is 36.7 Å². The lowest BCUT2D eigenvalue weighted by atomic mass is 10.2. The average molecular weight is 286 g/mol. The number of para-hydroxylation sites is 1. The first kappa shape index (κ1) is 15.4. The van der Waals surface area contributed by atoms with Crippen LogP contribution in [-0.2, 0) is 11.3 Å². The van der Waals surface area contributed by atoms with E-state index < -0.39 is 0 Å². The summed E-state index contributed by atoms with van der Waals surface area (Å²) in [6.07, 6.45) is 3.72. The Hall–Kier alpha value is -1.98. The van der Waals surface area contributed by atoms with Crippen LogP contribution in [0.25, 0.3) is 0 Å². The lowest BCUT2D eigenvalue weighted by Crippen LogP contribution is -2.19. The van der Waals surface area contributed by atoms with Crippen LogP contribution in [0.1, 0.15) is 11.1 Å². The molecule has 0 saturated carbocycles. The maximum atomic E-state index is 4.99. The molecule has 2 aromatic rings. The number of aromatic nitrogens is 2. The molecule has 21 heavy (non-hydrogen) atoms. The van der Waals surface area contributed by atoms with E-state index in [4.69, 9.17) is 4.74 Å². The number of nitrogens with zero attached hydrogens (tertiary/aromatic N) is 3. The maximum absolute atomic E-state index is 4.99. The summed E-state index contributed by atoms with van der Waals surface area (Å²) in [7, 11) is 3.68. The van der Waals surface area contributed by atoms with Crippen molar-refractivity contribution in [2.75, 3.05) is 32.2 Å². The van der Waals surface area contributed by atoms with Gasteiger partial charge >= 0.3 is 0 Å². The molecule has 2 rings (SSSR count). The first-order valence-electron chi connectivity index (χ1n) is 7.02. The molecule has 0 radical (unpaired) electrons. The van der Waals surface area contributed by atoms with Gasteiger partial charge in [0.2, 0.25) is 5.95 Å². The van der Waals surface area contributed by atoms with Crippen molar-refractivity contribution in [2.24, 2.45) is 0 Å². The molecule has 0 atom stereocenters. The topological polar surface area (TPSA) is 50.3 Å². The van der Waals surface area contributed by atoms with Gasteiger partial charge in [-0.1, -0.05) is 18.2 Å². The summed E-state index contributed by atoms with van der Waals surface area (Å²) >= 11 is 0. The van der Waals surface area contributed by atoms with Crippen LogP contribution in [-0.4, -0.2) is 37.3 Å². The molecule has 0 saturated heterocycles. The summed E-state index contributed by atoms with van der Waals surface area (Å²) < 4.78 is 4.99. The van der Waals surface area contributed by atoms with Gasteiger partial charge in [-0.15, -0.1) is 0 Å². The number of aryl methyl sites for hydroxylation is 1. The Kier molecular flexibility index (Phi) is 5.66. The van der Waals surface area contributed by atoms with E-state index in [2.05, 4.69) is 34.3 Å². The summed E-state index contributed by atoms with van der Waals surface area (Å²) in [5.74, 6) is 0.699. The fourth-order valence-corrected chi connectivity index (χ4v) is 2.07. The molecule has 0 amide bonds. The SMILES string of the molecule is COCCNCc1cnc(N(C)c2ccccc2C)nc1. The third-order valence-electron chi connectivity index (χ3n) is 3.28. The first-order chi connectivity index (χ1) is 10.2. The Bertz CT molecular complexity index is 556. The molecule has 1 N–H and O–H groups in total. The number of methoxy groups -OCH3 is 1. The smallest absolute Gasteiger partial charge is 0.229 e. The van der Waals surface area contributed by atoms with Gasteiger partial charge in [-0.3, -0.25) is 0 Å². The van der Waals surface area contributed by atoms with Crippen molar-refractivity contribution in [3.63, 3.8) is 0 Å². The van der Waals surface area contributed by atoms with Crippen LogP contribution in [0.5, 0.6) is 0 Å². The van der Waals surface area contributed by atoms with E-state index in [0.29, 0.717) is 12.6 Å². The van der Waals surface area contributed by atoms with Crippen molar-refractivity contribution in [2.45, 2.75) is 13.5 Å². The van der Waals surface area contributed by atoms with Crippen molar-refractivity contribution in [3.8, 4) is 0 Å². The van der Waals surface area contributed by atoms with Crippen LogP contribution in [0.3, 0.4) is 0 Å². The number of anilines is 2. The highest BCUT2D eigenvalue weighted by atomic mass is 16.5. The Morgan fingerprint density at radius 1 is 1.19 bits per heavy atom. The molecule has 5 heteroatoms. The van der Waals surface area contributed by atoms with Gasteiger partial charge in [0, 0.05) is 50.9 Å². The summed E-state index contributed by atoms with van der Waals surface area (Å²) in [5.41, 5.74) is 3.38. The van der Waals surface area contributed by atoms with E-state index in [-0.39, 0.29) is 0 Å². The van der Waals surface area contributed by atoms with Gasteiger partial charge in [-0.25, -0.2) is 9.97 Å². The van der Waals surface area contributed by atoms with Gasteiger partial charge < -0.3 is 15.0 Å². The molecule has 0 aliphatic rings. The van der Waals surface area contributed by atoms with Crippen molar-refractivity contribution in [3.05, 3.63) is 47.8 Å². The van der Waals surface area contributed by atoms with Crippen LogP contribution >= 0.6 is 0 Å². The van der Waals surface area contributed by atoms with Crippen molar-refractivity contribution in [1.82, 2.24) is 15.3 Å². The fraction of sp³-hybridized carbons (Fsp3) is 0.375. The molecule has 1 aromatic heterocycles. The van der Waals surface area contributed by atoms with Crippen LogP contribution in [0.4, 0.5) is 11.6 Å². The quantitative estimate of drug-likeness (QED) is 0.791. The Morgan fingerprint density at radius 2 is 1.90 bits per heavy atom. The predicted octanol–water partition coefficient (Wildman–Crippen LogP) is 2.29. The normalized spacial score (nSPS) is 10.6. The van der Waals surface area contributed by atoms with Crippen molar-refractivity contribution >= 4 is 11.6 Å². The first-order valence-corrected chi connectivity index (χ1v) is 7.02. The summed E-state index contributed by atoms with van der Waals surface area (Å²) in [5, 5.41) is 3.27. The molecule has 0 aliphatic carbocycles. The molecule has 1 aromatic carbocycles. The molecule has 1 heterocycles. The van der Waals surface area contributed by atoms with Gasteiger partial charge in [0.15, 0.2) is 0 Å². The summed E-state index contributed by atoms with van der Waals surface area (Å²) in [6.45, 7) is 4.36. The minimum atomic E-state index is 0.699. The second-order valence-electron chi connectivity index (χ2n) is 4.91. The Balaban J connectivity index is 2.00. The van der Waals surface area contributed by atoms with Crippen LogP contribution in [0, 0.1) is 6.92 Å². The molecule has 5 nitrogen and oxygen atoms in total. The minimum absolute atomic E-state index is 0.699. The molecule has 0 fully saturated rings. The fourth-order valence-electron chi connectivity index (χ4n) is 2.07. The molecular formula is C16H22N4O. The minimum Gasteiger partial charge on any atom is -0.383 e. The highest BCUT2D eigenvalue weighted by Gasteiger charge is 2.08. The Labute approximate surface area is 126 Å². The molecule has 0 unspecified atom stereocenters. The van der Waals surface area contributed by atoms with Gasteiger partial charge in [0.1, 0.15) is 0 Å². The average Bonchev–Trinajstić information content (AvgIpc) is 2.52. The molecule has 112 valence electrons. The maximum Gasteiger partial charge on any atom is 0.229 e. The third kappa shape index (κ3) is 4.24. The molecular weight excluding hydrogens is 264 g/mol. The predicted molar refractivity (Wildman–Crippen MR) is 84.9 cm³/mol. The van der Waals surface area contributed by atoms with Crippen LogP contribution < -0.4 is 10.2 Å². The standard InChI is InChI=1S/C16H22N4O/c1-13-6-4-5-7-15(13)20(2)16-18-11-14(12-19-16)10-17-8-9-21-3/h4-7,11-12,17H,8-10H2,1-3H3. The summed E-state index contributed by atoms with van der Waals surface area (Å²) in [4.78, 5) is 10.9. The number of hydrogen-bond acceptors (Lipinski definition) is 5. The van der Waals surface area contributed by atoms with Gasteiger partial charge in [-0.2, -0.15) is 0 Å². The number of nitrogens with one attached hydrogen (secondary N) is 1. The highest BCUT2D eigenvalue weighted by molar-refractivity contribution is 5.60. The van der Waals surface area contributed by atoms with E-state index in [1.807, 2.05) is 36.5 Å². The van der Waals surface area contributed by atoms with Gasteiger partial charge in [0.05, 0.1) is 6.61 Å². The number of rotatable bonds is 7. The van der Waals surface area contributed by atoms with Crippen LogP contribution in [0.2, 0.25) is 0 Å². The second kappa shape index (κ2) is 7.71. The van der Waals surface area contributed by atoms with E-state index >= 15 is 0 Å². The lowest BCUT2D eigenvalue weighted by Gasteiger charge is -2.19. The monoisotopic (exact) mass is 286 g/mol. The van der Waals surface area contributed by atoms with E-state index in [0.717, 1.165) is 24.3 Å². The third-order valence-corrected chi connectivity index (χ3v) is 3.28. The lowest BCUT2D eigenvalue weighted by molar-refractivity contribution is 0.199. The molecule has 0 aliphatic heterocycles. The summed E-state index contributed by atoms with van der Waals surface area (Å²) in [6, 6.07) is 8.20. The van der Waals surface area contributed by atoms with E-state index in [1.54, 1.807) is 7.11 Å². The highest BCUT2D eigenvalue weighted by Crippen LogP contribution is 2.23. The van der Waals surface area contributed by atoms with Gasteiger partial charge in [0.25, 0.3) is 0 Å². The molecule has 0 bridgehead atoms. The zero-order valence-electron chi connectivity index (χ0n) is 12.8. The Morgan fingerprint density at radius 3 is 2.57 bits per heavy atom. The van der Waals surface area contributed by atoms with E-state index in [9.17, 15) is 0 Å². The zero-order valence-corrected chi connectivity index (χ0v) is 12.8. The molecule has 0 spiro atoms. The van der Waals surface area contributed by atoms with Crippen molar-refractivity contribution in [1.29, 1.82) is 0 Å². The zero-order chi connectivity index (χ0) is 15.1. The second-order valence-corrected chi connectivity index (χ2v) is 4.91. The number of ether oxygens (including phenoxy) is 1. The van der Waals surface area contributed by atoms with Crippen molar-refractivity contribution < 1.29 is 4.74 Å². The van der Waals surface area contributed by atoms with Gasteiger partial charge in [-0.05, 0) is 18.6 Å². The largest absolute Gasteiger partial charge is 0.383 e. The number of benzene rings is 1. The number of hydrogen-bond donors (Lipinski definition) is 1. The van der Waals surface area contributed by atoms with E-state index in [1.165, 1.54) is 5.56 Å².